The summed E-state index contributed by atoms with van der Waals surface area (Å²) in [5, 5.41) is 7.66. The lowest BCUT2D eigenvalue weighted by atomic mass is 10.1. The summed E-state index contributed by atoms with van der Waals surface area (Å²) in [6.45, 7) is 0.747. The molecule has 0 aliphatic carbocycles. The number of rotatable bonds is 3. The molecule has 28 heavy (non-hydrogen) atoms. The third-order valence-electron chi connectivity index (χ3n) is 5.39. The number of pyridine rings is 2. The van der Waals surface area contributed by atoms with Gasteiger partial charge < -0.3 is 9.47 Å². The summed E-state index contributed by atoms with van der Waals surface area (Å²) in [5.74, 6) is 0.0385. The minimum absolute atomic E-state index is 0.0297. The predicted octanol–water partition coefficient (Wildman–Crippen LogP) is 3.34. The van der Waals surface area contributed by atoms with Gasteiger partial charge in [-0.2, -0.15) is 5.10 Å². The number of carbonyl (C=O) groups excluding carboxylic acids is 1. The average molecular weight is 372 g/mol. The maximum absolute atomic E-state index is 13.4. The Hall–Kier alpha value is -3.48. The molecule has 1 amide bonds. The van der Waals surface area contributed by atoms with Crippen molar-refractivity contribution in [3.8, 4) is 11.3 Å². The number of hydrogen-bond donors (Lipinski definition) is 1. The van der Waals surface area contributed by atoms with Gasteiger partial charge in [0.15, 0.2) is 0 Å². The summed E-state index contributed by atoms with van der Waals surface area (Å²) < 4.78 is 1.91. The van der Waals surface area contributed by atoms with Crippen LogP contribution >= 0.6 is 0 Å². The SMILES string of the molecule is Cn1cc(C(=O)N2CCCC2c2ccccn2)c2ccc(-c3cn[nH]c3)nc21. The van der Waals surface area contributed by atoms with E-state index >= 15 is 0 Å². The number of nitrogens with one attached hydrogen (secondary N) is 1. The molecule has 0 saturated carbocycles. The van der Waals surface area contributed by atoms with Crippen LogP contribution in [0.25, 0.3) is 22.3 Å². The van der Waals surface area contributed by atoms with Crippen LogP contribution in [-0.4, -0.2) is 42.1 Å². The lowest BCUT2D eigenvalue weighted by molar-refractivity contribution is 0.0734. The number of aromatic amines is 1. The van der Waals surface area contributed by atoms with Crippen LogP contribution in [0.15, 0.2) is 55.1 Å². The number of amides is 1. The molecule has 7 heteroatoms. The van der Waals surface area contributed by atoms with E-state index in [1.54, 1.807) is 12.4 Å². The van der Waals surface area contributed by atoms with Crippen LogP contribution in [0.1, 0.15) is 34.9 Å². The number of aryl methyl sites for hydroxylation is 1. The van der Waals surface area contributed by atoms with Gasteiger partial charge in [0.1, 0.15) is 5.65 Å². The van der Waals surface area contributed by atoms with Gasteiger partial charge in [-0.15, -0.1) is 0 Å². The molecule has 1 atom stereocenters. The molecule has 7 nitrogen and oxygen atoms in total. The van der Waals surface area contributed by atoms with E-state index in [2.05, 4.69) is 15.2 Å². The number of fused-ring (bicyclic) bond motifs is 1. The van der Waals surface area contributed by atoms with Crippen molar-refractivity contribution in [1.29, 1.82) is 0 Å². The van der Waals surface area contributed by atoms with E-state index in [9.17, 15) is 4.79 Å². The summed E-state index contributed by atoms with van der Waals surface area (Å²) in [6.07, 6.45) is 9.15. The molecule has 1 aliphatic rings. The Morgan fingerprint density at radius 3 is 2.96 bits per heavy atom. The Bertz CT molecular complexity index is 1130. The van der Waals surface area contributed by atoms with E-state index in [0.29, 0.717) is 5.56 Å². The first-order chi connectivity index (χ1) is 13.7. The lowest BCUT2D eigenvalue weighted by Crippen LogP contribution is -2.30. The normalized spacial score (nSPS) is 16.8. The van der Waals surface area contributed by atoms with Gasteiger partial charge in [0, 0.05) is 43.1 Å². The van der Waals surface area contributed by atoms with Crippen LogP contribution in [0.4, 0.5) is 0 Å². The van der Waals surface area contributed by atoms with Crippen LogP contribution in [0.2, 0.25) is 0 Å². The first kappa shape index (κ1) is 16.7. The molecular weight excluding hydrogens is 352 g/mol. The molecule has 5 rings (SSSR count). The zero-order valence-corrected chi connectivity index (χ0v) is 15.5. The Labute approximate surface area is 162 Å². The molecule has 1 fully saturated rings. The zero-order chi connectivity index (χ0) is 19.1. The molecular formula is C21H20N6O. The van der Waals surface area contributed by atoms with Crippen molar-refractivity contribution >= 4 is 16.9 Å². The largest absolute Gasteiger partial charge is 0.335 e. The van der Waals surface area contributed by atoms with Gasteiger partial charge in [-0.05, 0) is 37.1 Å². The Kier molecular flexibility index (Phi) is 3.93. The van der Waals surface area contributed by atoms with E-state index in [1.165, 1.54) is 0 Å². The maximum Gasteiger partial charge on any atom is 0.256 e. The van der Waals surface area contributed by atoms with Crippen molar-refractivity contribution in [2.45, 2.75) is 18.9 Å². The van der Waals surface area contributed by atoms with Crippen molar-refractivity contribution in [2.75, 3.05) is 6.54 Å². The van der Waals surface area contributed by atoms with Crippen molar-refractivity contribution in [2.24, 2.45) is 7.05 Å². The summed E-state index contributed by atoms with van der Waals surface area (Å²) >= 11 is 0. The summed E-state index contributed by atoms with van der Waals surface area (Å²) in [6, 6.07) is 9.81. The van der Waals surface area contributed by atoms with Gasteiger partial charge >= 0.3 is 0 Å². The monoisotopic (exact) mass is 372 g/mol. The quantitative estimate of drug-likeness (QED) is 0.598. The molecule has 1 unspecified atom stereocenters. The Morgan fingerprint density at radius 2 is 2.18 bits per heavy atom. The second kappa shape index (κ2) is 6.60. The maximum atomic E-state index is 13.4. The molecule has 0 aromatic carbocycles. The third kappa shape index (κ3) is 2.67. The smallest absolute Gasteiger partial charge is 0.256 e. The van der Waals surface area contributed by atoms with Gasteiger partial charge in [-0.3, -0.25) is 14.9 Å². The molecule has 1 N–H and O–H groups in total. The van der Waals surface area contributed by atoms with E-state index in [1.807, 2.05) is 59.2 Å². The van der Waals surface area contributed by atoms with Crippen molar-refractivity contribution in [3.05, 3.63) is 66.4 Å². The highest BCUT2D eigenvalue weighted by Gasteiger charge is 2.32. The van der Waals surface area contributed by atoms with Crippen LogP contribution in [-0.2, 0) is 7.05 Å². The second-order valence-corrected chi connectivity index (χ2v) is 7.12. The van der Waals surface area contributed by atoms with Gasteiger partial charge in [-0.1, -0.05) is 6.07 Å². The molecule has 0 bridgehead atoms. The highest BCUT2D eigenvalue weighted by Crippen LogP contribution is 2.33. The fourth-order valence-corrected chi connectivity index (χ4v) is 4.02. The van der Waals surface area contributed by atoms with Crippen LogP contribution in [0, 0.1) is 0 Å². The minimum atomic E-state index is 0.0297. The van der Waals surface area contributed by atoms with Crippen molar-refractivity contribution in [3.63, 3.8) is 0 Å². The lowest BCUT2D eigenvalue weighted by Gasteiger charge is -2.24. The van der Waals surface area contributed by atoms with Gasteiger partial charge in [0.25, 0.3) is 5.91 Å². The first-order valence-electron chi connectivity index (χ1n) is 9.39. The van der Waals surface area contributed by atoms with Crippen LogP contribution < -0.4 is 0 Å². The van der Waals surface area contributed by atoms with Crippen LogP contribution in [0.5, 0.6) is 0 Å². The van der Waals surface area contributed by atoms with Gasteiger partial charge in [-0.25, -0.2) is 4.98 Å². The van der Waals surface area contributed by atoms with Crippen molar-refractivity contribution in [1.82, 2.24) is 29.6 Å². The van der Waals surface area contributed by atoms with Gasteiger partial charge in [0.05, 0.1) is 29.2 Å². The average Bonchev–Trinajstić information content (AvgIpc) is 3.48. The Balaban J connectivity index is 1.53. The number of nitrogens with zero attached hydrogens (tertiary/aromatic N) is 5. The second-order valence-electron chi connectivity index (χ2n) is 7.12. The molecule has 4 aromatic heterocycles. The van der Waals surface area contributed by atoms with Crippen LogP contribution in [0.3, 0.4) is 0 Å². The number of aromatic nitrogens is 5. The van der Waals surface area contributed by atoms with E-state index in [-0.39, 0.29) is 11.9 Å². The molecule has 140 valence electrons. The van der Waals surface area contributed by atoms with Gasteiger partial charge in [0.2, 0.25) is 0 Å². The third-order valence-corrected chi connectivity index (χ3v) is 5.39. The van der Waals surface area contributed by atoms with E-state index in [4.69, 9.17) is 4.98 Å². The number of H-pyrrole nitrogens is 1. The molecule has 0 radical (unpaired) electrons. The first-order valence-corrected chi connectivity index (χ1v) is 9.39. The predicted molar refractivity (Wildman–Crippen MR) is 106 cm³/mol. The topological polar surface area (TPSA) is 79.7 Å². The van der Waals surface area contributed by atoms with Crippen molar-refractivity contribution < 1.29 is 4.79 Å². The zero-order valence-electron chi connectivity index (χ0n) is 15.5. The molecule has 4 aromatic rings. The number of hydrogen-bond acceptors (Lipinski definition) is 4. The summed E-state index contributed by atoms with van der Waals surface area (Å²) in [7, 11) is 1.92. The van der Waals surface area contributed by atoms with E-state index < -0.39 is 0 Å². The summed E-state index contributed by atoms with van der Waals surface area (Å²) in [4.78, 5) is 24.6. The summed E-state index contributed by atoms with van der Waals surface area (Å²) in [5.41, 5.74) is 4.18. The fraction of sp³-hybridized carbons (Fsp3) is 0.238. The highest BCUT2D eigenvalue weighted by molar-refractivity contribution is 6.06. The van der Waals surface area contributed by atoms with E-state index in [0.717, 1.165) is 47.4 Å². The minimum Gasteiger partial charge on any atom is -0.335 e. The molecule has 5 heterocycles. The molecule has 1 saturated heterocycles. The standard InChI is InChI=1S/C21H20N6O/c1-26-13-16(15-7-8-17(25-20(15)26)14-11-23-24-12-14)21(28)27-10-4-6-19(27)18-5-2-3-9-22-18/h2-3,5,7-9,11-13,19H,4,6,10H2,1H3,(H,23,24). The number of carbonyl (C=O) groups is 1. The Morgan fingerprint density at radius 1 is 1.25 bits per heavy atom. The highest BCUT2D eigenvalue weighted by atomic mass is 16.2. The number of likely N-dealkylation sites (tertiary alicyclic amines) is 1. The molecule has 1 aliphatic heterocycles. The molecule has 0 spiro atoms. The fourth-order valence-electron chi connectivity index (χ4n) is 4.02.